The molecule has 2 atom stereocenters. The fourth-order valence-corrected chi connectivity index (χ4v) is 3.13. The zero-order valence-corrected chi connectivity index (χ0v) is 14.0. The van der Waals surface area contributed by atoms with Crippen LogP contribution in [-0.4, -0.2) is 51.4 Å². The number of aliphatic carboxylic acids is 1. The van der Waals surface area contributed by atoms with Crippen molar-refractivity contribution < 1.29 is 19.4 Å². The second kappa shape index (κ2) is 7.38. The molecule has 132 valence electrons. The summed E-state index contributed by atoms with van der Waals surface area (Å²) in [6.07, 6.45) is 4.11. The van der Waals surface area contributed by atoms with E-state index in [1.54, 1.807) is 27.9 Å². The molecule has 1 aromatic heterocycles. The predicted molar refractivity (Wildman–Crippen MR) is 90.2 cm³/mol. The van der Waals surface area contributed by atoms with Crippen LogP contribution in [0.3, 0.4) is 0 Å². The molecule has 1 fully saturated rings. The molecule has 7 heteroatoms. The number of carboxylic acid groups (broad SMARTS) is 1. The minimum atomic E-state index is -0.879. The van der Waals surface area contributed by atoms with E-state index in [4.69, 9.17) is 4.74 Å². The number of likely N-dealkylation sites (tertiary alicyclic amines) is 1. The quantitative estimate of drug-likeness (QED) is 0.890. The molecule has 1 saturated heterocycles. The number of carbonyl (C=O) groups excluding carboxylic acids is 1. The molecule has 2 unspecified atom stereocenters. The largest absolute Gasteiger partial charge is 0.484 e. The first-order chi connectivity index (χ1) is 12.0. The maximum atomic E-state index is 12.5. The van der Waals surface area contributed by atoms with Crippen LogP contribution < -0.4 is 4.74 Å². The second-order valence-corrected chi connectivity index (χ2v) is 6.32. The number of piperidine rings is 1. The van der Waals surface area contributed by atoms with Gasteiger partial charge < -0.3 is 14.7 Å². The zero-order chi connectivity index (χ0) is 17.8. The van der Waals surface area contributed by atoms with Crippen molar-refractivity contribution in [3.63, 3.8) is 0 Å². The van der Waals surface area contributed by atoms with Crippen LogP contribution in [-0.2, 0) is 16.6 Å². The SMILES string of the molecule is Cn1cc(C2CC(C(=O)O)CN(C(=O)COc3ccccc3)C2)cn1. The van der Waals surface area contributed by atoms with Crippen molar-refractivity contribution in [3.05, 3.63) is 48.3 Å². The molecule has 1 N–H and O–H groups in total. The number of carbonyl (C=O) groups is 2. The fourth-order valence-electron chi connectivity index (χ4n) is 3.13. The lowest BCUT2D eigenvalue weighted by Crippen LogP contribution is -2.47. The van der Waals surface area contributed by atoms with E-state index < -0.39 is 11.9 Å². The number of aromatic nitrogens is 2. The highest BCUT2D eigenvalue weighted by atomic mass is 16.5. The minimum Gasteiger partial charge on any atom is -0.484 e. The van der Waals surface area contributed by atoms with E-state index in [1.165, 1.54) is 0 Å². The van der Waals surface area contributed by atoms with Gasteiger partial charge in [0.25, 0.3) is 5.91 Å². The van der Waals surface area contributed by atoms with E-state index in [1.807, 2.05) is 31.4 Å². The number of hydrogen-bond donors (Lipinski definition) is 1. The zero-order valence-electron chi connectivity index (χ0n) is 14.0. The summed E-state index contributed by atoms with van der Waals surface area (Å²) in [5.41, 5.74) is 0.954. The number of benzene rings is 1. The van der Waals surface area contributed by atoms with Crippen molar-refractivity contribution in [3.8, 4) is 5.75 Å². The van der Waals surface area contributed by atoms with Crippen molar-refractivity contribution >= 4 is 11.9 Å². The predicted octanol–water partition coefficient (Wildman–Crippen LogP) is 1.52. The molecule has 1 aliphatic rings. The maximum absolute atomic E-state index is 12.5. The number of nitrogens with zero attached hydrogens (tertiary/aromatic N) is 3. The summed E-state index contributed by atoms with van der Waals surface area (Å²) in [6, 6.07) is 9.10. The summed E-state index contributed by atoms with van der Waals surface area (Å²) >= 11 is 0. The highest BCUT2D eigenvalue weighted by Crippen LogP contribution is 2.30. The number of hydrogen-bond acceptors (Lipinski definition) is 4. The molecule has 1 amide bonds. The Morgan fingerprint density at radius 2 is 2.04 bits per heavy atom. The third-order valence-corrected chi connectivity index (χ3v) is 4.45. The number of ether oxygens (including phenoxy) is 1. The van der Waals surface area contributed by atoms with Crippen LogP contribution in [0.1, 0.15) is 17.9 Å². The molecule has 0 radical (unpaired) electrons. The van der Waals surface area contributed by atoms with Crippen LogP contribution in [0.5, 0.6) is 5.75 Å². The molecule has 7 nitrogen and oxygen atoms in total. The van der Waals surface area contributed by atoms with Crippen molar-refractivity contribution in [1.29, 1.82) is 0 Å². The van der Waals surface area contributed by atoms with Crippen LogP contribution in [0.25, 0.3) is 0 Å². The van der Waals surface area contributed by atoms with Gasteiger partial charge in [0.05, 0.1) is 12.1 Å². The van der Waals surface area contributed by atoms with E-state index in [2.05, 4.69) is 5.10 Å². The van der Waals surface area contributed by atoms with Crippen LogP contribution >= 0.6 is 0 Å². The topological polar surface area (TPSA) is 84.7 Å². The number of aryl methyl sites for hydroxylation is 1. The molecule has 0 saturated carbocycles. The molecular formula is C18H21N3O4. The van der Waals surface area contributed by atoms with E-state index in [0.717, 1.165) is 5.56 Å². The molecule has 25 heavy (non-hydrogen) atoms. The smallest absolute Gasteiger partial charge is 0.308 e. The molecule has 0 spiro atoms. The van der Waals surface area contributed by atoms with Gasteiger partial charge in [0.15, 0.2) is 6.61 Å². The van der Waals surface area contributed by atoms with Gasteiger partial charge in [0, 0.05) is 32.3 Å². The third kappa shape index (κ3) is 4.17. The first-order valence-corrected chi connectivity index (χ1v) is 8.20. The number of para-hydroxylation sites is 1. The maximum Gasteiger partial charge on any atom is 0.308 e. The normalized spacial score (nSPS) is 20.3. The lowest BCUT2D eigenvalue weighted by molar-refractivity contribution is -0.146. The van der Waals surface area contributed by atoms with E-state index in [9.17, 15) is 14.7 Å². The lowest BCUT2D eigenvalue weighted by Gasteiger charge is -2.35. The summed E-state index contributed by atoms with van der Waals surface area (Å²) < 4.78 is 7.19. The van der Waals surface area contributed by atoms with Crippen LogP contribution in [0, 0.1) is 5.92 Å². The molecule has 3 rings (SSSR count). The van der Waals surface area contributed by atoms with E-state index in [0.29, 0.717) is 18.7 Å². The van der Waals surface area contributed by atoms with Gasteiger partial charge in [-0.1, -0.05) is 18.2 Å². The molecule has 2 heterocycles. The number of carboxylic acids is 1. The average molecular weight is 343 g/mol. The Balaban J connectivity index is 1.68. The second-order valence-electron chi connectivity index (χ2n) is 6.32. The summed E-state index contributed by atoms with van der Waals surface area (Å²) in [7, 11) is 1.82. The third-order valence-electron chi connectivity index (χ3n) is 4.45. The van der Waals surface area contributed by atoms with E-state index in [-0.39, 0.29) is 25.0 Å². The Morgan fingerprint density at radius 3 is 2.68 bits per heavy atom. The number of rotatable bonds is 5. The number of amides is 1. The molecular weight excluding hydrogens is 322 g/mol. The van der Waals surface area contributed by atoms with Crippen LogP contribution in [0.4, 0.5) is 0 Å². The monoisotopic (exact) mass is 343 g/mol. The van der Waals surface area contributed by atoms with Crippen LogP contribution in [0.2, 0.25) is 0 Å². The van der Waals surface area contributed by atoms with E-state index >= 15 is 0 Å². The summed E-state index contributed by atoms with van der Waals surface area (Å²) in [5, 5.41) is 13.6. The van der Waals surface area contributed by atoms with Crippen molar-refractivity contribution in [2.75, 3.05) is 19.7 Å². The van der Waals surface area contributed by atoms with Gasteiger partial charge in [0.2, 0.25) is 0 Å². The summed E-state index contributed by atoms with van der Waals surface area (Å²) in [5.74, 6) is -1.09. The molecule has 1 aromatic carbocycles. The lowest BCUT2D eigenvalue weighted by atomic mass is 9.86. The first-order valence-electron chi connectivity index (χ1n) is 8.20. The van der Waals surface area contributed by atoms with Crippen molar-refractivity contribution in [1.82, 2.24) is 14.7 Å². The van der Waals surface area contributed by atoms with Crippen LogP contribution in [0.15, 0.2) is 42.7 Å². The Kier molecular flexibility index (Phi) is 5.02. The van der Waals surface area contributed by atoms with Gasteiger partial charge in [-0.2, -0.15) is 5.10 Å². The molecule has 0 aliphatic carbocycles. The first kappa shape index (κ1) is 17.0. The average Bonchev–Trinajstić information content (AvgIpc) is 3.06. The van der Waals surface area contributed by atoms with Crippen molar-refractivity contribution in [2.24, 2.45) is 13.0 Å². The Bertz CT molecular complexity index is 744. The Hall–Kier alpha value is -2.83. The van der Waals surface area contributed by atoms with Gasteiger partial charge >= 0.3 is 5.97 Å². The van der Waals surface area contributed by atoms with Gasteiger partial charge in [-0.3, -0.25) is 14.3 Å². The van der Waals surface area contributed by atoms with Gasteiger partial charge in [-0.05, 0) is 24.1 Å². The van der Waals surface area contributed by atoms with Gasteiger partial charge in [-0.25, -0.2) is 0 Å². The van der Waals surface area contributed by atoms with Crippen molar-refractivity contribution in [2.45, 2.75) is 12.3 Å². The highest BCUT2D eigenvalue weighted by Gasteiger charge is 2.35. The fraction of sp³-hybridized carbons (Fsp3) is 0.389. The standard InChI is InChI=1S/C18H21N3O4/c1-20-9-15(8-19-20)13-7-14(18(23)24)11-21(10-13)17(22)12-25-16-5-3-2-4-6-16/h2-6,8-9,13-14H,7,10-12H2,1H3,(H,23,24). The molecule has 0 bridgehead atoms. The molecule has 2 aromatic rings. The van der Waals surface area contributed by atoms with Gasteiger partial charge in [-0.15, -0.1) is 0 Å². The highest BCUT2D eigenvalue weighted by molar-refractivity contribution is 5.79. The summed E-state index contributed by atoms with van der Waals surface area (Å²) in [4.78, 5) is 25.6. The summed E-state index contributed by atoms with van der Waals surface area (Å²) in [6.45, 7) is 0.589. The minimum absolute atomic E-state index is 0.0378. The molecule has 1 aliphatic heterocycles. The Labute approximate surface area is 145 Å². The Morgan fingerprint density at radius 1 is 1.28 bits per heavy atom. The van der Waals surface area contributed by atoms with Gasteiger partial charge in [0.1, 0.15) is 5.75 Å².